The molecule has 0 fully saturated rings. The van der Waals surface area contributed by atoms with Gasteiger partial charge in [-0.15, -0.1) is 0 Å². The zero-order valence-corrected chi connectivity index (χ0v) is 15.7. The lowest BCUT2D eigenvalue weighted by Crippen LogP contribution is -2.33. The van der Waals surface area contributed by atoms with Crippen LogP contribution >= 0.6 is 0 Å². The molecule has 0 radical (unpaired) electrons. The fourth-order valence-corrected chi connectivity index (χ4v) is 2.96. The molecule has 2 aromatic carbocycles. The molecule has 0 atom stereocenters. The van der Waals surface area contributed by atoms with E-state index in [1.165, 1.54) is 0 Å². The van der Waals surface area contributed by atoms with Crippen LogP contribution in [0, 0.1) is 0 Å². The van der Waals surface area contributed by atoms with E-state index in [4.69, 9.17) is 5.73 Å². The SMILES string of the molecule is NC(=O)CCN(Cc1ccccc1)C(=O)CCc1cnn(-c2ccccc2)c1. The van der Waals surface area contributed by atoms with E-state index in [0.717, 1.165) is 16.8 Å². The lowest BCUT2D eigenvalue weighted by Gasteiger charge is -2.22. The third-order valence-electron chi connectivity index (χ3n) is 4.48. The van der Waals surface area contributed by atoms with Gasteiger partial charge in [-0.25, -0.2) is 4.68 Å². The molecule has 1 aromatic heterocycles. The van der Waals surface area contributed by atoms with Crippen molar-refractivity contribution in [1.82, 2.24) is 14.7 Å². The fraction of sp³-hybridized carbons (Fsp3) is 0.227. The molecule has 0 aliphatic rings. The highest BCUT2D eigenvalue weighted by Gasteiger charge is 2.15. The minimum absolute atomic E-state index is 0.00226. The molecule has 0 saturated carbocycles. The van der Waals surface area contributed by atoms with Gasteiger partial charge in [0.1, 0.15) is 0 Å². The highest BCUT2D eigenvalue weighted by Crippen LogP contribution is 2.12. The molecule has 3 aromatic rings. The topological polar surface area (TPSA) is 81.2 Å². The first-order valence-electron chi connectivity index (χ1n) is 9.31. The van der Waals surface area contributed by atoms with Crippen LogP contribution in [0.1, 0.15) is 24.0 Å². The summed E-state index contributed by atoms with van der Waals surface area (Å²) >= 11 is 0. The van der Waals surface area contributed by atoms with E-state index in [9.17, 15) is 9.59 Å². The molecular formula is C22H24N4O2. The van der Waals surface area contributed by atoms with Crippen LogP contribution in [0.25, 0.3) is 5.69 Å². The van der Waals surface area contributed by atoms with Crippen LogP contribution in [0.15, 0.2) is 73.1 Å². The summed E-state index contributed by atoms with van der Waals surface area (Å²) in [4.78, 5) is 25.6. The minimum Gasteiger partial charge on any atom is -0.370 e. The summed E-state index contributed by atoms with van der Waals surface area (Å²) < 4.78 is 1.80. The number of hydrogen-bond donors (Lipinski definition) is 1. The maximum atomic E-state index is 12.8. The second-order valence-electron chi connectivity index (χ2n) is 6.65. The van der Waals surface area contributed by atoms with Crippen molar-refractivity contribution >= 4 is 11.8 Å². The van der Waals surface area contributed by atoms with Gasteiger partial charge in [0.2, 0.25) is 11.8 Å². The second-order valence-corrected chi connectivity index (χ2v) is 6.65. The summed E-state index contributed by atoms with van der Waals surface area (Å²) in [6.45, 7) is 0.794. The Morgan fingerprint density at radius 2 is 1.61 bits per heavy atom. The van der Waals surface area contributed by atoms with Crippen molar-refractivity contribution < 1.29 is 9.59 Å². The maximum absolute atomic E-state index is 12.8. The van der Waals surface area contributed by atoms with E-state index in [0.29, 0.717) is 25.9 Å². The Morgan fingerprint density at radius 3 is 2.29 bits per heavy atom. The number of para-hydroxylation sites is 1. The van der Waals surface area contributed by atoms with Gasteiger partial charge in [0.15, 0.2) is 0 Å². The van der Waals surface area contributed by atoms with Gasteiger partial charge in [0.05, 0.1) is 11.9 Å². The first-order valence-corrected chi connectivity index (χ1v) is 9.31. The number of carbonyl (C=O) groups excluding carboxylic acids is 2. The van der Waals surface area contributed by atoms with Crippen LogP contribution in [-0.2, 0) is 22.6 Å². The van der Waals surface area contributed by atoms with Crippen molar-refractivity contribution in [3.05, 3.63) is 84.2 Å². The van der Waals surface area contributed by atoms with Gasteiger partial charge in [-0.3, -0.25) is 9.59 Å². The molecule has 0 bridgehead atoms. The number of nitrogens with two attached hydrogens (primary N) is 1. The largest absolute Gasteiger partial charge is 0.370 e. The molecule has 0 unspecified atom stereocenters. The molecule has 2 N–H and O–H groups in total. The van der Waals surface area contributed by atoms with Gasteiger partial charge >= 0.3 is 0 Å². The van der Waals surface area contributed by atoms with Gasteiger partial charge in [-0.05, 0) is 29.7 Å². The lowest BCUT2D eigenvalue weighted by atomic mass is 10.1. The zero-order chi connectivity index (χ0) is 19.8. The van der Waals surface area contributed by atoms with Gasteiger partial charge in [-0.1, -0.05) is 48.5 Å². The third-order valence-corrected chi connectivity index (χ3v) is 4.48. The van der Waals surface area contributed by atoms with Crippen molar-refractivity contribution in [3.8, 4) is 5.69 Å². The van der Waals surface area contributed by atoms with E-state index < -0.39 is 5.91 Å². The maximum Gasteiger partial charge on any atom is 0.223 e. The quantitative estimate of drug-likeness (QED) is 0.623. The summed E-state index contributed by atoms with van der Waals surface area (Å²) in [5.41, 5.74) is 8.27. The first-order chi connectivity index (χ1) is 13.6. The predicted octanol–water partition coefficient (Wildman–Crippen LogP) is 2.71. The first kappa shape index (κ1) is 19.4. The number of carbonyl (C=O) groups is 2. The number of primary amides is 1. The summed E-state index contributed by atoms with van der Waals surface area (Å²) in [6, 6.07) is 19.6. The average molecular weight is 376 g/mol. The highest BCUT2D eigenvalue weighted by atomic mass is 16.2. The second kappa shape index (κ2) is 9.50. The number of benzene rings is 2. The van der Waals surface area contributed by atoms with Crippen molar-refractivity contribution in [2.75, 3.05) is 6.54 Å². The average Bonchev–Trinajstić information content (AvgIpc) is 3.20. The van der Waals surface area contributed by atoms with Gasteiger partial charge < -0.3 is 10.6 Å². The van der Waals surface area contributed by atoms with E-state index in [-0.39, 0.29) is 12.3 Å². The van der Waals surface area contributed by atoms with Crippen LogP contribution in [0.2, 0.25) is 0 Å². The fourth-order valence-electron chi connectivity index (χ4n) is 2.96. The molecule has 6 nitrogen and oxygen atoms in total. The summed E-state index contributed by atoms with van der Waals surface area (Å²) in [7, 11) is 0. The Labute approximate surface area is 164 Å². The van der Waals surface area contributed by atoms with Gasteiger partial charge in [-0.2, -0.15) is 5.10 Å². The van der Waals surface area contributed by atoms with E-state index in [2.05, 4.69) is 5.10 Å². The summed E-state index contributed by atoms with van der Waals surface area (Å²) in [5, 5.41) is 4.37. The predicted molar refractivity (Wildman–Crippen MR) is 108 cm³/mol. The van der Waals surface area contributed by atoms with Crippen LogP contribution in [0.5, 0.6) is 0 Å². The molecule has 6 heteroatoms. The van der Waals surface area contributed by atoms with E-state index in [1.54, 1.807) is 15.8 Å². The standard InChI is InChI=1S/C22H24N4O2/c23-21(27)13-14-25(16-18-7-3-1-4-8-18)22(28)12-11-19-15-24-26(17-19)20-9-5-2-6-10-20/h1-10,15,17H,11-14,16H2,(H2,23,27). The number of aromatic nitrogens is 2. The number of aryl methyl sites for hydroxylation is 1. The lowest BCUT2D eigenvalue weighted by molar-refractivity contribution is -0.132. The highest BCUT2D eigenvalue weighted by molar-refractivity contribution is 5.78. The normalized spacial score (nSPS) is 10.6. The molecule has 144 valence electrons. The molecular weight excluding hydrogens is 352 g/mol. The number of rotatable bonds is 9. The Kier molecular flexibility index (Phi) is 6.57. The number of nitrogens with zero attached hydrogens (tertiary/aromatic N) is 3. The van der Waals surface area contributed by atoms with E-state index in [1.807, 2.05) is 66.9 Å². The molecule has 0 saturated heterocycles. The Morgan fingerprint density at radius 1 is 0.929 bits per heavy atom. The monoisotopic (exact) mass is 376 g/mol. The van der Waals surface area contributed by atoms with Crippen LogP contribution in [0.3, 0.4) is 0 Å². The summed E-state index contributed by atoms with van der Waals surface area (Å²) in [5.74, 6) is -0.410. The molecule has 28 heavy (non-hydrogen) atoms. The molecule has 2 amide bonds. The molecule has 1 heterocycles. The third kappa shape index (κ3) is 5.54. The summed E-state index contributed by atoms with van der Waals surface area (Å²) in [6.07, 6.45) is 4.82. The smallest absolute Gasteiger partial charge is 0.223 e. The van der Waals surface area contributed by atoms with Crippen LogP contribution in [0.4, 0.5) is 0 Å². The van der Waals surface area contributed by atoms with Crippen LogP contribution in [-0.4, -0.2) is 33.0 Å². The Bertz CT molecular complexity index is 907. The minimum atomic E-state index is -0.407. The molecule has 3 rings (SSSR count). The van der Waals surface area contributed by atoms with Gasteiger partial charge in [0, 0.05) is 32.1 Å². The van der Waals surface area contributed by atoms with Crippen molar-refractivity contribution in [2.45, 2.75) is 25.8 Å². The molecule has 0 aliphatic heterocycles. The van der Waals surface area contributed by atoms with Gasteiger partial charge in [0.25, 0.3) is 0 Å². The van der Waals surface area contributed by atoms with Crippen molar-refractivity contribution in [3.63, 3.8) is 0 Å². The number of hydrogen-bond acceptors (Lipinski definition) is 3. The Hall–Kier alpha value is -3.41. The van der Waals surface area contributed by atoms with E-state index >= 15 is 0 Å². The Balaban J connectivity index is 1.61. The molecule has 0 spiro atoms. The number of amides is 2. The van der Waals surface area contributed by atoms with Crippen molar-refractivity contribution in [1.29, 1.82) is 0 Å². The molecule has 0 aliphatic carbocycles. The van der Waals surface area contributed by atoms with Crippen molar-refractivity contribution in [2.24, 2.45) is 5.73 Å². The van der Waals surface area contributed by atoms with Crippen LogP contribution < -0.4 is 5.73 Å². The zero-order valence-electron chi connectivity index (χ0n) is 15.7.